The highest BCUT2D eigenvalue weighted by atomic mass is 32.1. The molecule has 6 heteroatoms. The van der Waals surface area contributed by atoms with Crippen LogP contribution in [0.25, 0.3) is 10.7 Å². The molecule has 5 nitrogen and oxygen atoms in total. The molecule has 0 bridgehead atoms. The van der Waals surface area contributed by atoms with Gasteiger partial charge in [-0.15, -0.1) is 11.3 Å². The molecule has 1 aliphatic heterocycles. The Morgan fingerprint density at radius 2 is 2.32 bits per heavy atom. The molecule has 2 unspecified atom stereocenters. The quantitative estimate of drug-likeness (QED) is 0.943. The lowest BCUT2D eigenvalue weighted by Crippen LogP contribution is -2.34. The molecule has 116 valence electrons. The second-order valence-electron chi connectivity index (χ2n) is 5.79. The fourth-order valence-electron chi connectivity index (χ4n) is 2.92. The lowest BCUT2D eigenvalue weighted by molar-refractivity contribution is 0.0747. The van der Waals surface area contributed by atoms with Crippen molar-refractivity contribution in [2.75, 3.05) is 13.1 Å². The van der Waals surface area contributed by atoms with Gasteiger partial charge in [0.25, 0.3) is 5.91 Å². The van der Waals surface area contributed by atoms with Gasteiger partial charge in [0.1, 0.15) is 9.88 Å². The summed E-state index contributed by atoms with van der Waals surface area (Å²) in [6.45, 7) is 5.35. The number of rotatable bonds is 3. The molecule has 0 radical (unpaired) electrons. The van der Waals surface area contributed by atoms with Crippen molar-refractivity contribution in [2.24, 2.45) is 11.7 Å². The lowest BCUT2D eigenvalue weighted by atomic mass is 10.1. The molecule has 3 heterocycles. The van der Waals surface area contributed by atoms with Gasteiger partial charge in [0.2, 0.25) is 0 Å². The minimum atomic E-state index is 0.0700. The maximum Gasteiger partial charge on any atom is 0.266 e. The summed E-state index contributed by atoms with van der Waals surface area (Å²) in [5.41, 5.74) is 7.34. The molecule has 1 amide bonds. The van der Waals surface area contributed by atoms with Crippen molar-refractivity contribution in [3.05, 3.63) is 35.0 Å². The van der Waals surface area contributed by atoms with Crippen LogP contribution in [0.2, 0.25) is 0 Å². The van der Waals surface area contributed by atoms with Gasteiger partial charge >= 0.3 is 0 Å². The van der Waals surface area contributed by atoms with Crippen molar-refractivity contribution in [3.63, 3.8) is 0 Å². The van der Waals surface area contributed by atoms with Crippen LogP contribution in [-0.4, -0.2) is 39.9 Å². The Balaban J connectivity index is 1.86. The minimum Gasteiger partial charge on any atom is -0.335 e. The zero-order valence-electron chi connectivity index (χ0n) is 12.8. The van der Waals surface area contributed by atoms with Crippen LogP contribution in [0.4, 0.5) is 0 Å². The number of carbonyl (C=O) groups is 1. The summed E-state index contributed by atoms with van der Waals surface area (Å²) in [4.78, 5) is 24.3. The largest absolute Gasteiger partial charge is 0.335 e. The maximum absolute atomic E-state index is 12.8. The molecule has 0 saturated carbocycles. The summed E-state index contributed by atoms with van der Waals surface area (Å²) in [6.07, 6.45) is 2.72. The van der Waals surface area contributed by atoms with Crippen LogP contribution in [0.3, 0.4) is 0 Å². The van der Waals surface area contributed by atoms with Crippen LogP contribution in [0.1, 0.15) is 28.7 Å². The summed E-state index contributed by atoms with van der Waals surface area (Å²) < 4.78 is 0. The van der Waals surface area contributed by atoms with Crippen molar-refractivity contribution in [3.8, 4) is 10.7 Å². The third-order valence-electron chi connectivity index (χ3n) is 4.13. The van der Waals surface area contributed by atoms with Crippen LogP contribution in [0.15, 0.2) is 24.4 Å². The van der Waals surface area contributed by atoms with Crippen molar-refractivity contribution in [2.45, 2.75) is 26.3 Å². The number of hydrogen-bond acceptors (Lipinski definition) is 5. The molecule has 0 aromatic carbocycles. The number of pyridine rings is 1. The standard InChI is InChI=1S/C16H20N4OS/c1-10-7-12(8-17)9-20(10)16(21)14-11(2)19-15(22-14)13-5-3-4-6-18-13/h3-6,10,12H,7-9,17H2,1-2H3. The number of hydrogen-bond donors (Lipinski definition) is 1. The Hall–Kier alpha value is -1.79. The first-order valence-corrected chi connectivity index (χ1v) is 8.31. The molecule has 2 atom stereocenters. The number of amides is 1. The first-order valence-electron chi connectivity index (χ1n) is 7.50. The topological polar surface area (TPSA) is 72.1 Å². The summed E-state index contributed by atoms with van der Waals surface area (Å²) in [5.74, 6) is 0.475. The molecule has 2 aromatic heterocycles. The van der Waals surface area contributed by atoms with E-state index in [0.29, 0.717) is 17.3 Å². The maximum atomic E-state index is 12.8. The molecule has 3 rings (SSSR count). The van der Waals surface area contributed by atoms with E-state index in [-0.39, 0.29) is 11.9 Å². The van der Waals surface area contributed by atoms with E-state index in [1.165, 1.54) is 11.3 Å². The zero-order valence-corrected chi connectivity index (χ0v) is 13.6. The van der Waals surface area contributed by atoms with E-state index < -0.39 is 0 Å². The Labute approximate surface area is 134 Å². The van der Waals surface area contributed by atoms with E-state index in [2.05, 4.69) is 16.9 Å². The van der Waals surface area contributed by atoms with E-state index >= 15 is 0 Å². The van der Waals surface area contributed by atoms with Crippen molar-refractivity contribution in [1.82, 2.24) is 14.9 Å². The Morgan fingerprint density at radius 1 is 1.50 bits per heavy atom. The first-order chi connectivity index (χ1) is 10.6. The molecule has 2 aromatic rings. The van der Waals surface area contributed by atoms with Crippen molar-refractivity contribution < 1.29 is 4.79 Å². The van der Waals surface area contributed by atoms with Gasteiger partial charge in [0.05, 0.1) is 11.4 Å². The third-order valence-corrected chi connectivity index (χ3v) is 5.30. The molecule has 1 saturated heterocycles. The fraction of sp³-hybridized carbons (Fsp3) is 0.438. The summed E-state index contributed by atoms with van der Waals surface area (Å²) >= 11 is 1.42. The SMILES string of the molecule is Cc1nc(-c2ccccn2)sc1C(=O)N1CC(CN)CC1C. The van der Waals surface area contributed by atoms with E-state index in [4.69, 9.17) is 5.73 Å². The average Bonchev–Trinajstić information content (AvgIpc) is 3.10. The molecule has 0 spiro atoms. The lowest BCUT2D eigenvalue weighted by Gasteiger charge is -2.20. The summed E-state index contributed by atoms with van der Waals surface area (Å²) in [5, 5.41) is 0.795. The number of nitrogens with zero attached hydrogens (tertiary/aromatic N) is 3. The van der Waals surface area contributed by atoms with E-state index in [0.717, 1.165) is 29.4 Å². The Bertz CT molecular complexity index is 670. The van der Waals surface area contributed by atoms with Gasteiger partial charge in [-0.25, -0.2) is 4.98 Å². The summed E-state index contributed by atoms with van der Waals surface area (Å²) in [7, 11) is 0. The van der Waals surface area contributed by atoms with Gasteiger partial charge in [-0.3, -0.25) is 9.78 Å². The van der Waals surface area contributed by atoms with E-state index in [1.807, 2.05) is 30.0 Å². The predicted molar refractivity (Wildman–Crippen MR) is 87.7 cm³/mol. The predicted octanol–water partition coefficient (Wildman–Crippen LogP) is 2.32. The second kappa shape index (κ2) is 6.14. The van der Waals surface area contributed by atoms with Crippen LogP contribution < -0.4 is 5.73 Å². The summed E-state index contributed by atoms with van der Waals surface area (Å²) in [6, 6.07) is 5.94. The fourth-order valence-corrected chi connectivity index (χ4v) is 3.92. The molecular weight excluding hydrogens is 296 g/mol. The number of aryl methyl sites for hydroxylation is 1. The monoisotopic (exact) mass is 316 g/mol. The molecule has 1 aliphatic rings. The second-order valence-corrected chi connectivity index (χ2v) is 6.79. The van der Waals surface area contributed by atoms with Crippen LogP contribution in [0, 0.1) is 12.8 Å². The van der Waals surface area contributed by atoms with Crippen LogP contribution >= 0.6 is 11.3 Å². The highest BCUT2D eigenvalue weighted by Crippen LogP contribution is 2.30. The van der Waals surface area contributed by atoms with Crippen LogP contribution in [0.5, 0.6) is 0 Å². The van der Waals surface area contributed by atoms with Gasteiger partial charge in [-0.2, -0.15) is 0 Å². The highest BCUT2D eigenvalue weighted by Gasteiger charge is 2.33. The number of thiazole rings is 1. The number of likely N-dealkylation sites (tertiary alicyclic amines) is 1. The van der Waals surface area contributed by atoms with Gasteiger partial charge < -0.3 is 10.6 Å². The van der Waals surface area contributed by atoms with Gasteiger partial charge in [0, 0.05) is 18.8 Å². The molecule has 0 aliphatic carbocycles. The first kappa shape index (κ1) is 15.1. The smallest absolute Gasteiger partial charge is 0.266 e. The zero-order chi connectivity index (χ0) is 15.7. The third kappa shape index (κ3) is 2.76. The van der Waals surface area contributed by atoms with E-state index in [1.54, 1.807) is 6.20 Å². The molecule has 22 heavy (non-hydrogen) atoms. The number of nitrogens with two attached hydrogens (primary N) is 1. The number of carbonyl (C=O) groups excluding carboxylic acids is 1. The van der Waals surface area contributed by atoms with Gasteiger partial charge in [0.15, 0.2) is 0 Å². The van der Waals surface area contributed by atoms with Gasteiger partial charge in [-0.05, 0) is 44.9 Å². The Morgan fingerprint density at radius 3 is 2.95 bits per heavy atom. The minimum absolute atomic E-state index is 0.0700. The highest BCUT2D eigenvalue weighted by molar-refractivity contribution is 7.17. The molecule has 2 N–H and O–H groups in total. The van der Waals surface area contributed by atoms with Crippen molar-refractivity contribution in [1.29, 1.82) is 0 Å². The molecule has 1 fully saturated rings. The normalized spacial score (nSPS) is 21.3. The molecular formula is C16H20N4OS. The Kier molecular flexibility index (Phi) is 4.22. The van der Waals surface area contributed by atoms with Gasteiger partial charge in [-0.1, -0.05) is 6.07 Å². The number of aromatic nitrogens is 2. The average molecular weight is 316 g/mol. The van der Waals surface area contributed by atoms with Crippen LogP contribution in [-0.2, 0) is 0 Å². The van der Waals surface area contributed by atoms with Crippen molar-refractivity contribution >= 4 is 17.2 Å². The van der Waals surface area contributed by atoms with E-state index in [9.17, 15) is 4.79 Å².